The first-order valence-corrected chi connectivity index (χ1v) is 9.94. The lowest BCUT2D eigenvalue weighted by atomic mass is 10.0. The molecule has 0 aliphatic rings. The quantitative estimate of drug-likeness (QED) is 0.470. The molecule has 0 aliphatic carbocycles. The first kappa shape index (κ1) is 19.7. The zero-order chi connectivity index (χ0) is 21.3. The van der Waals surface area contributed by atoms with Gasteiger partial charge in [-0.2, -0.15) is 0 Å². The Bertz CT molecular complexity index is 1300. The summed E-state index contributed by atoms with van der Waals surface area (Å²) in [5.74, 6) is 0.355. The van der Waals surface area contributed by atoms with Crippen LogP contribution in [0.15, 0.2) is 63.8 Å². The summed E-state index contributed by atoms with van der Waals surface area (Å²) in [6.45, 7) is 5.89. The zero-order valence-electron chi connectivity index (χ0n) is 17.2. The first-order valence-electron chi connectivity index (χ1n) is 9.94. The Hall–Kier alpha value is -3.60. The monoisotopic (exact) mass is 401 g/mol. The van der Waals surface area contributed by atoms with Gasteiger partial charge >= 0.3 is 0 Å². The second-order valence-electron chi connectivity index (χ2n) is 7.36. The zero-order valence-corrected chi connectivity index (χ0v) is 17.2. The Morgan fingerprint density at radius 2 is 1.73 bits per heavy atom. The molecule has 1 aromatic heterocycles. The maximum absolute atomic E-state index is 12.8. The van der Waals surface area contributed by atoms with E-state index in [1.807, 2.05) is 44.2 Å². The van der Waals surface area contributed by atoms with Gasteiger partial charge in [0.05, 0.1) is 10.8 Å². The molecule has 1 amide bonds. The van der Waals surface area contributed by atoms with E-state index in [1.54, 1.807) is 24.3 Å². The summed E-state index contributed by atoms with van der Waals surface area (Å²) < 4.78 is 11.6. The largest absolute Gasteiger partial charge is 0.484 e. The van der Waals surface area contributed by atoms with Gasteiger partial charge in [0.1, 0.15) is 16.9 Å². The fourth-order valence-electron chi connectivity index (χ4n) is 3.39. The SMILES string of the molecule is CCc1ccc(OCC(=O)Nc2ccc3c(=O)c4ccc(C)c(C)c4oc3c2)cc1. The molecule has 5 heteroatoms. The van der Waals surface area contributed by atoms with Crippen LogP contribution in [-0.2, 0) is 11.2 Å². The predicted molar refractivity (Wildman–Crippen MR) is 119 cm³/mol. The smallest absolute Gasteiger partial charge is 0.262 e. The molecule has 0 saturated carbocycles. The summed E-state index contributed by atoms with van der Waals surface area (Å²) in [6.07, 6.45) is 0.952. The normalized spacial score (nSPS) is 11.0. The molecular formula is C25H23NO4. The number of nitrogens with one attached hydrogen (secondary N) is 1. The number of carbonyl (C=O) groups excluding carboxylic acids is 1. The molecule has 0 saturated heterocycles. The number of hydrogen-bond donors (Lipinski definition) is 1. The Labute approximate surface area is 174 Å². The van der Waals surface area contributed by atoms with Crippen molar-refractivity contribution in [2.24, 2.45) is 0 Å². The fourth-order valence-corrected chi connectivity index (χ4v) is 3.39. The van der Waals surface area contributed by atoms with E-state index in [0.29, 0.717) is 33.4 Å². The van der Waals surface area contributed by atoms with E-state index in [4.69, 9.17) is 9.15 Å². The topological polar surface area (TPSA) is 68.5 Å². The molecular weight excluding hydrogens is 378 g/mol. The lowest BCUT2D eigenvalue weighted by Gasteiger charge is -2.10. The number of fused-ring (bicyclic) bond motifs is 2. The second kappa shape index (κ2) is 8.03. The van der Waals surface area contributed by atoms with Crippen LogP contribution in [0.3, 0.4) is 0 Å². The second-order valence-corrected chi connectivity index (χ2v) is 7.36. The summed E-state index contributed by atoms with van der Waals surface area (Å²) in [7, 11) is 0. The van der Waals surface area contributed by atoms with Gasteiger partial charge in [0.2, 0.25) is 5.43 Å². The van der Waals surface area contributed by atoms with Crippen LogP contribution >= 0.6 is 0 Å². The van der Waals surface area contributed by atoms with E-state index in [1.165, 1.54) is 5.56 Å². The van der Waals surface area contributed by atoms with Gasteiger partial charge in [0.25, 0.3) is 5.91 Å². The molecule has 0 atom stereocenters. The summed E-state index contributed by atoms with van der Waals surface area (Å²) >= 11 is 0. The van der Waals surface area contributed by atoms with Crippen LogP contribution in [0.1, 0.15) is 23.6 Å². The van der Waals surface area contributed by atoms with Crippen LogP contribution in [0, 0.1) is 13.8 Å². The Morgan fingerprint density at radius 1 is 1.00 bits per heavy atom. The molecule has 152 valence electrons. The van der Waals surface area contributed by atoms with Crippen LogP contribution in [-0.4, -0.2) is 12.5 Å². The summed E-state index contributed by atoms with van der Waals surface area (Å²) in [4.78, 5) is 25.1. The summed E-state index contributed by atoms with van der Waals surface area (Å²) in [6, 6.07) is 16.4. The highest BCUT2D eigenvalue weighted by atomic mass is 16.5. The van der Waals surface area contributed by atoms with E-state index < -0.39 is 0 Å². The lowest BCUT2D eigenvalue weighted by Crippen LogP contribution is -2.20. The highest BCUT2D eigenvalue weighted by Crippen LogP contribution is 2.25. The van der Waals surface area contributed by atoms with Crippen molar-refractivity contribution in [2.45, 2.75) is 27.2 Å². The van der Waals surface area contributed by atoms with Gasteiger partial charge in [-0.05, 0) is 67.3 Å². The molecule has 4 rings (SSSR count). The number of aryl methyl sites for hydroxylation is 3. The standard InChI is InChI=1S/C25H23NO4/c1-4-17-6-9-19(10-7-17)29-14-23(27)26-18-8-12-20-22(13-18)30-25-16(3)15(2)5-11-21(25)24(20)28/h5-13H,4,14H2,1-3H3,(H,26,27). The van der Waals surface area contributed by atoms with Gasteiger partial charge in [0, 0.05) is 11.8 Å². The molecule has 30 heavy (non-hydrogen) atoms. The highest BCUT2D eigenvalue weighted by Gasteiger charge is 2.12. The van der Waals surface area contributed by atoms with Gasteiger partial charge in [-0.1, -0.05) is 25.1 Å². The van der Waals surface area contributed by atoms with Crippen molar-refractivity contribution >= 4 is 33.5 Å². The maximum Gasteiger partial charge on any atom is 0.262 e. The van der Waals surface area contributed by atoms with Crippen molar-refractivity contribution in [3.63, 3.8) is 0 Å². The van der Waals surface area contributed by atoms with E-state index in [-0.39, 0.29) is 17.9 Å². The third-order valence-electron chi connectivity index (χ3n) is 5.34. The van der Waals surface area contributed by atoms with Crippen LogP contribution in [0.2, 0.25) is 0 Å². The Morgan fingerprint density at radius 3 is 2.47 bits per heavy atom. The molecule has 0 aliphatic heterocycles. The molecule has 5 nitrogen and oxygen atoms in total. The van der Waals surface area contributed by atoms with Crippen molar-refractivity contribution in [3.8, 4) is 5.75 Å². The number of hydrogen-bond acceptors (Lipinski definition) is 4. The minimum Gasteiger partial charge on any atom is -0.484 e. The van der Waals surface area contributed by atoms with Crippen molar-refractivity contribution in [2.75, 3.05) is 11.9 Å². The lowest BCUT2D eigenvalue weighted by molar-refractivity contribution is -0.118. The van der Waals surface area contributed by atoms with Crippen molar-refractivity contribution in [1.82, 2.24) is 0 Å². The van der Waals surface area contributed by atoms with Gasteiger partial charge in [-0.25, -0.2) is 0 Å². The van der Waals surface area contributed by atoms with Crippen LogP contribution in [0.25, 0.3) is 21.9 Å². The highest BCUT2D eigenvalue weighted by molar-refractivity contribution is 5.96. The van der Waals surface area contributed by atoms with Crippen LogP contribution < -0.4 is 15.5 Å². The molecule has 0 bridgehead atoms. The van der Waals surface area contributed by atoms with Crippen molar-refractivity contribution in [3.05, 3.63) is 81.5 Å². The average molecular weight is 401 g/mol. The summed E-state index contributed by atoms with van der Waals surface area (Å²) in [5.41, 5.74) is 4.69. The minimum absolute atomic E-state index is 0.0777. The number of amides is 1. The number of ether oxygens (including phenoxy) is 1. The minimum atomic E-state index is -0.288. The molecule has 4 aromatic rings. The van der Waals surface area contributed by atoms with Gasteiger partial charge < -0.3 is 14.5 Å². The Kier molecular flexibility index (Phi) is 5.27. The van der Waals surface area contributed by atoms with Gasteiger partial charge in [-0.3, -0.25) is 9.59 Å². The molecule has 1 N–H and O–H groups in total. The van der Waals surface area contributed by atoms with Crippen LogP contribution in [0.5, 0.6) is 5.75 Å². The molecule has 0 unspecified atom stereocenters. The van der Waals surface area contributed by atoms with Gasteiger partial charge in [0.15, 0.2) is 6.61 Å². The average Bonchev–Trinajstić information content (AvgIpc) is 2.75. The molecule has 3 aromatic carbocycles. The number of anilines is 1. The van der Waals surface area contributed by atoms with E-state index in [0.717, 1.165) is 17.5 Å². The van der Waals surface area contributed by atoms with E-state index in [9.17, 15) is 9.59 Å². The fraction of sp³-hybridized carbons (Fsp3) is 0.200. The van der Waals surface area contributed by atoms with Crippen molar-refractivity contribution in [1.29, 1.82) is 0 Å². The van der Waals surface area contributed by atoms with E-state index in [2.05, 4.69) is 12.2 Å². The number of carbonyl (C=O) groups is 1. The molecule has 1 heterocycles. The van der Waals surface area contributed by atoms with Gasteiger partial charge in [-0.15, -0.1) is 0 Å². The number of benzene rings is 3. The molecule has 0 fully saturated rings. The third kappa shape index (κ3) is 3.79. The maximum atomic E-state index is 12.8. The Balaban J connectivity index is 1.55. The van der Waals surface area contributed by atoms with E-state index >= 15 is 0 Å². The van der Waals surface area contributed by atoms with Crippen molar-refractivity contribution < 1.29 is 13.9 Å². The third-order valence-corrected chi connectivity index (χ3v) is 5.34. The predicted octanol–water partition coefficient (Wildman–Crippen LogP) is 5.14. The summed E-state index contributed by atoms with van der Waals surface area (Å²) in [5, 5.41) is 3.84. The van der Waals surface area contributed by atoms with Crippen LogP contribution in [0.4, 0.5) is 5.69 Å². The first-order chi connectivity index (χ1) is 14.5. The molecule has 0 radical (unpaired) electrons. The number of rotatable bonds is 5. The molecule has 0 spiro atoms.